The lowest BCUT2D eigenvalue weighted by atomic mass is 10.2. The molecule has 0 radical (unpaired) electrons. The first-order valence-electron chi connectivity index (χ1n) is 8.90. The molecule has 144 valence electrons. The van der Waals surface area contributed by atoms with Gasteiger partial charge in [-0.25, -0.2) is 10.4 Å². The van der Waals surface area contributed by atoms with Crippen LogP contribution in [0.2, 0.25) is 0 Å². The smallest absolute Gasteiger partial charge is 0.271 e. The number of carbonyl (C=O) groups is 1. The Labute approximate surface area is 166 Å². The van der Waals surface area contributed by atoms with Crippen LogP contribution in [-0.4, -0.2) is 34.3 Å². The summed E-state index contributed by atoms with van der Waals surface area (Å²) in [5, 5.41) is 14.0. The molecule has 0 spiro atoms. The fraction of sp³-hybridized carbons (Fsp3) is 0.0455. The second kappa shape index (κ2) is 7.85. The number of benzene rings is 3. The molecular formula is C22H18N4O3. The van der Waals surface area contributed by atoms with E-state index in [1.165, 1.54) is 6.21 Å². The number of hydrazone groups is 1. The van der Waals surface area contributed by atoms with Crippen molar-refractivity contribution in [2.75, 3.05) is 7.11 Å². The van der Waals surface area contributed by atoms with Gasteiger partial charge in [-0.3, -0.25) is 4.79 Å². The minimum absolute atomic E-state index is 0.134. The number of para-hydroxylation sites is 2. The molecule has 3 N–H and O–H groups in total. The van der Waals surface area contributed by atoms with E-state index in [1.807, 2.05) is 30.3 Å². The van der Waals surface area contributed by atoms with Crippen molar-refractivity contribution in [2.24, 2.45) is 5.10 Å². The van der Waals surface area contributed by atoms with E-state index in [2.05, 4.69) is 20.5 Å². The molecule has 1 aromatic heterocycles. The van der Waals surface area contributed by atoms with Crippen molar-refractivity contribution in [3.8, 4) is 22.9 Å². The predicted molar refractivity (Wildman–Crippen MR) is 111 cm³/mol. The van der Waals surface area contributed by atoms with Gasteiger partial charge < -0.3 is 14.8 Å². The molecule has 29 heavy (non-hydrogen) atoms. The van der Waals surface area contributed by atoms with Gasteiger partial charge in [0.15, 0.2) is 0 Å². The van der Waals surface area contributed by atoms with E-state index in [1.54, 1.807) is 43.5 Å². The van der Waals surface area contributed by atoms with Gasteiger partial charge >= 0.3 is 0 Å². The summed E-state index contributed by atoms with van der Waals surface area (Å²) in [6, 6.07) is 19.4. The third-order valence-corrected chi connectivity index (χ3v) is 4.41. The average Bonchev–Trinajstić information content (AvgIpc) is 3.17. The first-order valence-corrected chi connectivity index (χ1v) is 8.90. The van der Waals surface area contributed by atoms with Crippen LogP contribution < -0.4 is 10.2 Å². The van der Waals surface area contributed by atoms with Gasteiger partial charge in [-0.05, 0) is 42.5 Å². The largest absolute Gasteiger partial charge is 0.507 e. The lowest BCUT2D eigenvalue weighted by molar-refractivity contribution is 0.0955. The summed E-state index contributed by atoms with van der Waals surface area (Å²) >= 11 is 0. The molecule has 0 aliphatic carbocycles. The number of H-pyrrole nitrogens is 1. The van der Waals surface area contributed by atoms with Gasteiger partial charge in [0.1, 0.15) is 17.3 Å². The number of phenolic OH excluding ortho intramolecular Hbond substituents is 1. The molecule has 3 aromatic carbocycles. The fourth-order valence-electron chi connectivity index (χ4n) is 2.95. The Hall–Kier alpha value is -4.13. The van der Waals surface area contributed by atoms with Crippen LogP contribution in [0.25, 0.3) is 22.4 Å². The molecule has 0 saturated heterocycles. The van der Waals surface area contributed by atoms with Crippen molar-refractivity contribution in [1.29, 1.82) is 0 Å². The molecular weight excluding hydrogens is 368 g/mol. The zero-order valence-corrected chi connectivity index (χ0v) is 15.6. The van der Waals surface area contributed by atoms with Gasteiger partial charge in [0, 0.05) is 11.1 Å². The SMILES string of the molecule is COc1ccccc1/C=N/NC(=O)c1ccc2nc(-c3ccccc3O)[nH]c2c1. The molecule has 0 fully saturated rings. The fourth-order valence-corrected chi connectivity index (χ4v) is 2.95. The van der Waals surface area contributed by atoms with Crippen LogP contribution in [0.4, 0.5) is 0 Å². The van der Waals surface area contributed by atoms with Crippen molar-refractivity contribution in [1.82, 2.24) is 15.4 Å². The van der Waals surface area contributed by atoms with Gasteiger partial charge in [-0.1, -0.05) is 24.3 Å². The van der Waals surface area contributed by atoms with E-state index in [0.29, 0.717) is 33.7 Å². The van der Waals surface area contributed by atoms with Crippen LogP contribution in [0.5, 0.6) is 11.5 Å². The third kappa shape index (κ3) is 3.79. The summed E-state index contributed by atoms with van der Waals surface area (Å²) in [5.74, 6) is 0.984. The molecule has 7 nitrogen and oxygen atoms in total. The number of phenols is 1. The average molecular weight is 386 g/mol. The number of rotatable bonds is 5. The molecule has 7 heteroatoms. The number of nitrogens with one attached hydrogen (secondary N) is 2. The number of hydrogen-bond acceptors (Lipinski definition) is 5. The van der Waals surface area contributed by atoms with Crippen LogP contribution in [0.1, 0.15) is 15.9 Å². The summed E-state index contributed by atoms with van der Waals surface area (Å²) in [6.45, 7) is 0. The molecule has 1 heterocycles. The molecule has 0 saturated carbocycles. The van der Waals surface area contributed by atoms with E-state index in [-0.39, 0.29) is 11.7 Å². The Bertz CT molecular complexity index is 1210. The van der Waals surface area contributed by atoms with Gasteiger partial charge in [0.25, 0.3) is 5.91 Å². The molecule has 0 aliphatic rings. The molecule has 1 amide bonds. The second-order valence-corrected chi connectivity index (χ2v) is 6.28. The first kappa shape index (κ1) is 18.2. The van der Waals surface area contributed by atoms with E-state index >= 15 is 0 Å². The summed E-state index contributed by atoms with van der Waals surface area (Å²) in [5.41, 5.74) is 5.67. The van der Waals surface area contributed by atoms with Crippen LogP contribution in [0, 0.1) is 0 Å². The monoisotopic (exact) mass is 386 g/mol. The Morgan fingerprint density at radius 1 is 1.14 bits per heavy atom. The van der Waals surface area contributed by atoms with Gasteiger partial charge in [0.05, 0.1) is 29.9 Å². The maximum atomic E-state index is 12.4. The zero-order chi connectivity index (χ0) is 20.2. The van der Waals surface area contributed by atoms with Crippen molar-refractivity contribution < 1.29 is 14.6 Å². The standard InChI is InChI=1S/C22H18N4O3/c1-29-20-9-5-2-6-15(20)13-23-26-22(28)14-10-11-17-18(12-14)25-21(24-17)16-7-3-4-8-19(16)27/h2-13,27H,1H3,(H,24,25)(H,26,28)/b23-13+. The predicted octanol–water partition coefficient (Wildman–Crippen LogP) is 3.71. The number of methoxy groups -OCH3 is 1. The Morgan fingerprint density at radius 2 is 1.93 bits per heavy atom. The van der Waals surface area contributed by atoms with Crippen LogP contribution in [0.3, 0.4) is 0 Å². The lowest BCUT2D eigenvalue weighted by Gasteiger charge is -2.03. The third-order valence-electron chi connectivity index (χ3n) is 4.41. The number of fused-ring (bicyclic) bond motifs is 1. The Kier molecular flexibility index (Phi) is 4.94. The van der Waals surface area contributed by atoms with Crippen molar-refractivity contribution in [3.63, 3.8) is 0 Å². The van der Waals surface area contributed by atoms with Crippen LogP contribution in [0.15, 0.2) is 71.8 Å². The number of aromatic amines is 1. The summed E-state index contributed by atoms with van der Waals surface area (Å²) in [7, 11) is 1.58. The first-order chi connectivity index (χ1) is 14.2. The number of aromatic nitrogens is 2. The summed E-state index contributed by atoms with van der Waals surface area (Å²) in [4.78, 5) is 20.0. The minimum atomic E-state index is -0.350. The number of aromatic hydroxyl groups is 1. The molecule has 0 unspecified atom stereocenters. The minimum Gasteiger partial charge on any atom is -0.507 e. The Morgan fingerprint density at radius 3 is 2.76 bits per heavy atom. The molecule has 0 bridgehead atoms. The summed E-state index contributed by atoms with van der Waals surface area (Å²) < 4.78 is 5.25. The van der Waals surface area contributed by atoms with Gasteiger partial charge in [0.2, 0.25) is 0 Å². The van der Waals surface area contributed by atoms with E-state index in [0.717, 1.165) is 5.56 Å². The normalized spacial score (nSPS) is 11.1. The highest BCUT2D eigenvalue weighted by atomic mass is 16.5. The van der Waals surface area contributed by atoms with Gasteiger partial charge in [-0.2, -0.15) is 5.10 Å². The summed E-state index contributed by atoms with van der Waals surface area (Å²) in [6.07, 6.45) is 1.53. The number of amides is 1. The number of ether oxygens (including phenoxy) is 1. The number of nitrogens with zero attached hydrogens (tertiary/aromatic N) is 2. The quantitative estimate of drug-likeness (QED) is 0.360. The van der Waals surface area contributed by atoms with Crippen LogP contribution in [-0.2, 0) is 0 Å². The van der Waals surface area contributed by atoms with Crippen molar-refractivity contribution in [2.45, 2.75) is 0 Å². The maximum Gasteiger partial charge on any atom is 0.271 e. The molecule has 0 atom stereocenters. The Balaban J connectivity index is 1.54. The molecule has 4 rings (SSSR count). The van der Waals surface area contributed by atoms with Gasteiger partial charge in [-0.15, -0.1) is 0 Å². The number of imidazole rings is 1. The number of hydrogen-bond donors (Lipinski definition) is 3. The van der Waals surface area contributed by atoms with E-state index < -0.39 is 0 Å². The highest BCUT2D eigenvalue weighted by molar-refractivity contribution is 5.98. The van der Waals surface area contributed by atoms with E-state index in [9.17, 15) is 9.90 Å². The van der Waals surface area contributed by atoms with Crippen molar-refractivity contribution in [3.05, 3.63) is 77.9 Å². The zero-order valence-electron chi connectivity index (χ0n) is 15.6. The van der Waals surface area contributed by atoms with Crippen LogP contribution >= 0.6 is 0 Å². The number of carbonyl (C=O) groups excluding carboxylic acids is 1. The maximum absolute atomic E-state index is 12.4. The highest BCUT2D eigenvalue weighted by Gasteiger charge is 2.11. The lowest BCUT2D eigenvalue weighted by Crippen LogP contribution is -2.17. The molecule has 4 aromatic rings. The molecule has 0 aliphatic heterocycles. The van der Waals surface area contributed by atoms with E-state index in [4.69, 9.17) is 4.74 Å². The topological polar surface area (TPSA) is 99.6 Å². The second-order valence-electron chi connectivity index (χ2n) is 6.28. The highest BCUT2D eigenvalue weighted by Crippen LogP contribution is 2.28. The van der Waals surface area contributed by atoms with Crippen molar-refractivity contribution >= 4 is 23.2 Å².